The van der Waals surface area contributed by atoms with E-state index in [4.69, 9.17) is 15.6 Å². The largest absolute Gasteiger partial charge is 0.490 e. The number of amides is 1. The van der Waals surface area contributed by atoms with Crippen LogP contribution < -0.4 is 10.6 Å². The predicted octanol–water partition coefficient (Wildman–Crippen LogP) is 3.43. The third kappa shape index (κ3) is 5.14. The Morgan fingerprint density at radius 2 is 1.93 bits per heavy atom. The molecule has 2 heterocycles. The summed E-state index contributed by atoms with van der Waals surface area (Å²) < 4.78 is 34.6. The van der Waals surface area contributed by atoms with Crippen LogP contribution in [0.5, 0.6) is 0 Å². The first-order valence-electron chi connectivity index (χ1n) is 8.35. The number of fused-ring (bicyclic) bond motifs is 1. The zero-order valence-electron chi connectivity index (χ0n) is 14.9. The van der Waals surface area contributed by atoms with Crippen LogP contribution in [0, 0.1) is 0 Å². The summed E-state index contributed by atoms with van der Waals surface area (Å²) in [5.41, 5.74) is 8.92. The van der Waals surface area contributed by atoms with Gasteiger partial charge in [0.25, 0.3) is 5.91 Å². The van der Waals surface area contributed by atoms with Gasteiger partial charge in [-0.05, 0) is 47.0 Å². The molecule has 1 aliphatic heterocycles. The average molecular weight is 462 g/mol. The molecule has 28 heavy (non-hydrogen) atoms. The summed E-state index contributed by atoms with van der Waals surface area (Å²) in [7, 11) is 0. The van der Waals surface area contributed by atoms with Crippen LogP contribution >= 0.6 is 15.9 Å². The lowest BCUT2D eigenvalue weighted by atomic mass is 9.98. The van der Waals surface area contributed by atoms with Gasteiger partial charge in [0.1, 0.15) is 5.69 Å². The van der Waals surface area contributed by atoms with E-state index in [1.807, 2.05) is 48.0 Å². The minimum Gasteiger partial charge on any atom is -0.475 e. The zero-order chi connectivity index (χ0) is 21.1. The molecule has 0 aliphatic carbocycles. The summed E-state index contributed by atoms with van der Waals surface area (Å²) in [5.74, 6) is -2.75. The first-order valence-corrected chi connectivity index (χ1v) is 9.15. The van der Waals surface area contributed by atoms with Gasteiger partial charge in [0.2, 0.25) is 0 Å². The van der Waals surface area contributed by atoms with E-state index < -0.39 is 12.1 Å². The Kier molecular flexibility index (Phi) is 6.89. The van der Waals surface area contributed by atoms with Crippen LogP contribution in [0.25, 0.3) is 0 Å². The smallest absolute Gasteiger partial charge is 0.475 e. The molecule has 2 aromatic rings. The number of carbonyl (C=O) groups is 2. The SMILES string of the molecule is CCn1cc(Br)cc1C(=O)N1CC(N)Cc2ccccc21.O=C(O)C(F)(F)F. The van der Waals surface area contributed by atoms with Crippen LogP contribution in [0.3, 0.4) is 0 Å². The van der Waals surface area contributed by atoms with Crippen LogP contribution in [0.4, 0.5) is 18.9 Å². The van der Waals surface area contributed by atoms with Crippen molar-refractivity contribution >= 4 is 33.5 Å². The number of hydrogen-bond donors (Lipinski definition) is 2. The number of nitrogens with zero attached hydrogens (tertiary/aromatic N) is 2. The quantitative estimate of drug-likeness (QED) is 0.716. The number of carboxylic acids is 1. The molecule has 0 saturated carbocycles. The highest BCUT2D eigenvalue weighted by atomic mass is 79.9. The van der Waals surface area contributed by atoms with Crippen molar-refractivity contribution in [3.8, 4) is 0 Å². The summed E-state index contributed by atoms with van der Waals surface area (Å²) in [6.07, 6.45) is -2.33. The third-order valence-electron chi connectivity index (χ3n) is 4.09. The molecule has 1 atom stereocenters. The highest BCUT2D eigenvalue weighted by Gasteiger charge is 2.38. The van der Waals surface area contributed by atoms with Gasteiger partial charge in [-0.25, -0.2) is 4.79 Å². The van der Waals surface area contributed by atoms with Gasteiger partial charge in [0.15, 0.2) is 0 Å². The molecular weight excluding hydrogens is 443 g/mol. The highest BCUT2D eigenvalue weighted by Crippen LogP contribution is 2.28. The lowest BCUT2D eigenvalue weighted by Gasteiger charge is -2.33. The van der Waals surface area contributed by atoms with E-state index in [2.05, 4.69) is 15.9 Å². The molecule has 1 aliphatic rings. The van der Waals surface area contributed by atoms with Crippen LogP contribution in [0.1, 0.15) is 23.0 Å². The first kappa shape index (κ1) is 22.0. The minimum atomic E-state index is -5.08. The zero-order valence-corrected chi connectivity index (χ0v) is 16.5. The molecule has 0 radical (unpaired) electrons. The monoisotopic (exact) mass is 461 g/mol. The fraction of sp³-hybridized carbons (Fsp3) is 0.333. The molecule has 0 saturated heterocycles. The van der Waals surface area contributed by atoms with Crippen molar-refractivity contribution in [1.29, 1.82) is 0 Å². The maximum atomic E-state index is 12.9. The van der Waals surface area contributed by atoms with E-state index in [-0.39, 0.29) is 11.9 Å². The third-order valence-corrected chi connectivity index (χ3v) is 4.53. The Balaban J connectivity index is 0.000000345. The number of aliphatic carboxylic acids is 1. The lowest BCUT2D eigenvalue weighted by Crippen LogP contribution is -2.46. The predicted molar refractivity (Wildman–Crippen MR) is 101 cm³/mol. The second-order valence-corrected chi connectivity index (χ2v) is 7.06. The van der Waals surface area contributed by atoms with Crippen LogP contribution in [-0.4, -0.2) is 40.3 Å². The molecule has 3 N–H and O–H groups in total. The van der Waals surface area contributed by atoms with Crippen LogP contribution in [0.2, 0.25) is 0 Å². The summed E-state index contributed by atoms with van der Waals surface area (Å²) in [5, 5.41) is 7.12. The molecule has 3 rings (SSSR count). The molecule has 6 nitrogen and oxygen atoms in total. The maximum absolute atomic E-state index is 12.9. The van der Waals surface area contributed by atoms with Gasteiger partial charge in [-0.1, -0.05) is 18.2 Å². The number of carbonyl (C=O) groups excluding carboxylic acids is 1. The van der Waals surface area contributed by atoms with Crippen molar-refractivity contribution in [1.82, 2.24) is 4.57 Å². The number of para-hydroxylation sites is 1. The van der Waals surface area contributed by atoms with Gasteiger partial charge in [-0.3, -0.25) is 4.79 Å². The van der Waals surface area contributed by atoms with Crippen molar-refractivity contribution in [2.24, 2.45) is 5.73 Å². The maximum Gasteiger partial charge on any atom is 0.490 e. The average Bonchev–Trinajstić information content (AvgIpc) is 3.01. The van der Waals surface area contributed by atoms with Gasteiger partial charge in [0.05, 0.1) is 0 Å². The van der Waals surface area contributed by atoms with Gasteiger partial charge in [-0.2, -0.15) is 13.2 Å². The van der Waals surface area contributed by atoms with E-state index in [0.29, 0.717) is 12.2 Å². The standard InChI is InChI=1S/C16H18BrN3O.C2HF3O2/c1-2-19-9-12(17)8-15(19)16(21)20-10-13(18)7-11-5-3-4-6-14(11)20;3-2(4,5)1(6)7/h3-6,8-9,13H,2,7,10,18H2,1H3;(H,6,7). The van der Waals surface area contributed by atoms with E-state index in [1.165, 1.54) is 0 Å². The lowest BCUT2D eigenvalue weighted by molar-refractivity contribution is -0.192. The van der Waals surface area contributed by atoms with Crippen molar-refractivity contribution in [3.63, 3.8) is 0 Å². The molecule has 152 valence electrons. The highest BCUT2D eigenvalue weighted by molar-refractivity contribution is 9.10. The number of nitrogens with two attached hydrogens (primary N) is 1. The summed E-state index contributed by atoms with van der Waals surface area (Å²) in [6.45, 7) is 3.34. The molecule has 1 unspecified atom stereocenters. The van der Waals surface area contributed by atoms with E-state index >= 15 is 0 Å². The van der Waals surface area contributed by atoms with Gasteiger partial charge < -0.3 is 20.3 Å². The van der Waals surface area contributed by atoms with Gasteiger partial charge >= 0.3 is 12.1 Å². The van der Waals surface area contributed by atoms with Gasteiger partial charge in [-0.15, -0.1) is 0 Å². The molecule has 0 bridgehead atoms. The van der Waals surface area contributed by atoms with Crippen LogP contribution in [-0.2, 0) is 17.8 Å². The Morgan fingerprint density at radius 3 is 2.50 bits per heavy atom. The molecule has 0 spiro atoms. The molecule has 10 heteroatoms. The number of aromatic nitrogens is 1. The van der Waals surface area contributed by atoms with Crippen molar-refractivity contribution in [2.75, 3.05) is 11.4 Å². The Bertz CT molecular complexity index is 867. The Morgan fingerprint density at radius 1 is 1.32 bits per heavy atom. The summed E-state index contributed by atoms with van der Waals surface area (Å²) in [6, 6.07) is 9.85. The molecule has 1 amide bonds. The number of rotatable bonds is 2. The normalized spacial score (nSPS) is 16.1. The minimum absolute atomic E-state index is 0.00477. The van der Waals surface area contributed by atoms with Crippen molar-refractivity contribution < 1.29 is 27.9 Å². The van der Waals surface area contributed by atoms with Crippen molar-refractivity contribution in [3.05, 3.63) is 52.3 Å². The van der Waals surface area contributed by atoms with E-state index in [0.717, 1.165) is 28.7 Å². The second-order valence-electron chi connectivity index (χ2n) is 6.14. The fourth-order valence-electron chi connectivity index (χ4n) is 2.87. The van der Waals surface area contributed by atoms with E-state index in [1.54, 1.807) is 4.90 Å². The number of halogens is 4. The molecule has 1 aromatic carbocycles. The van der Waals surface area contributed by atoms with Crippen molar-refractivity contribution in [2.45, 2.75) is 32.1 Å². The second kappa shape index (κ2) is 8.78. The van der Waals surface area contributed by atoms with E-state index in [9.17, 15) is 18.0 Å². The Hall–Kier alpha value is -2.33. The number of hydrogen-bond acceptors (Lipinski definition) is 3. The number of carboxylic acid groups (broad SMARTS) is 1. The number of alkyl halides is 3. The molecule has 0 fully saturated rings. The van der Waals surface area contributed by atoms with Gasteiger partial charge in [0, 0.05) is 35.5 Å². The fourth-order valence-corrected chi connectivity index (χ4v) is 3.34. The number of aryl methyl sites for hydroxylation is 1. The Labute approximate surface area is 167 Å². The molecular formula is C18H19BrF3N3O3. The number of anilines is 1. The summed E-state index contributed by atoms with van der Waals surface area (Å²) in [4.78, 5) is 23.6. The first-order chi connectivity index (χ1) is 13.0. The summed E-state index contributed by atoms with van der Waals surface area (Å²) >= 11 is 3.44. The topological polar surface area (TPSA) is 88.6 Å². The number of benzene rings is 1. The van der Waals surface area contributed by atoms with Crippen LogP contribution in [0.15, 0.2) is 41.0 Å². The molecule has 1 aromatic heterocycles.